The number of nitrogens with one attached hydrogen (secondary N) is 1. The van der Waals surface area contributed by atoms with Gasteiger partial charge in [0.25, 0.3) is 0 Å². The number of hydrogen-bond donors (Lipinski definition) is 1. The summed E-state index contributed by atoms with van der Waals surface area (Å²) < 4.78 is 0. The molecule has 1 heterocycles. The van der Waals surface area contributed by atoms with Crippen molar-refractivity contribution in [1.82, 2.24) is 11.0 Å². The van der Waals surface area contributed by atoms with Gasteiger partial charge >= 0.3 is 0 Å². The van der Waals surface area contributed by atoms with Crippen molar-refractivity contribution >= 4 is 0 Å². The van der Waals surface area contributed by atoms with E-state index in [1.165, 1.54) is 0 Å². The Kier molecular flexibility index (Phi) is 0.686. The van der Waals surface area contributed by atoms with Crippen molar-refractivity contribution in [2.75, 3.05) is 0 Å². The molecular formula is C3H5N2O. The molecule has 0 fully saturated rings. The van der Waals surface area contributed by atoms with E-state index in [0.29, 0.717) is 0 Å². The Bertz CT molecular complexity index is 78.9. The van der Waals surface area contributed by atoms with Crippen LogP contribution in [0.3, 0.4) is 0 Å². The van der Waals surface area contributed by atoms with Crippen LogP contribution >= 0.6 is 0 Å². The monoisotopic (exact) mass is 85.0 g/mol. The van der Waals surface area contributed by atoms with Crippen molar-refractivity contribution < 1.29 is 4.84 Å². The van der Waals surface area contributed by atoms with Crippen molar-refractivity contribution in [2.24, 2.45) is 0 Å². The largest absolute Gasteiger partial charge is 0.390 e. The van der Waals surface area contributed by atoms with Crippen LogP contribution < -0.4 is 11.0 Å². The Morgan fingerprint density at radius 1 is 2.00 bits per heavy atom. The lowest BCUT2D eigenvalue weighted by Gasteiger charge is -1.87. The van der Waals surface area contributed by atoms with E-state index < -0.39 is 0 Å². The van der Waals surface area contributed by atoms with Crippen molar-refractivity contribution in [2.45, 2.75) is 6.92 Å². The average Bonchev–Trinajstić information content (AvgIpc) is 1.86. The third-order valence-corrected chi connectivity index (χ3v) is 0.506. The van der Waals surface area contributed by atoms with E-state index in [-0.39, 0.29) is 0 Å². The lowest BCUT2D eigenvalue weighted by Crippen LogP contribution is -2.10. The molecule has 0 amide bonds. The SMILES string of the molecule is CC1=C[N]NO1. The first-order chi connectivity index (χ1) is 2.89. The highest BCUT2D eigenvalue weighted by molar-refractivity contribution is 4.86. The van der Waals surface area contributed by atoms with Gasteiger partial charge in [0, 0.05) is 0 Å². The molecule has 0 atom stereocenters. The second-order valence-corrected chi connectivity index (χ2v) is 1.06. The highest BCUT2D eigenvalue weighted by atomic mass is 16.7. The summed E-state index contributed by atoms with van der Waals surface area (Å²) in [6.45, 7) is 1.82. The number of nitrogens with zero attached hydrogens (tertiary/aromatic N) is 1. The Labute approximate surface area is 35.9 Å². The van der Waals surface area contributed by atoms with E-state index in [0.717, 1.165) is 5.76 Å². The second kappa shape index (κ2) is 1.18. The van der Waals surface area contributed by atoms with Gasteiger partial charge in [-0.2, -0.15) is 5.43 Å². The van der Waals surface area contributed by atoms with Gasteiger partial charge in [-0.25, -0.2) is 0 Å². The summed E-state index contributed by atoms with van der Waals surface area (Å²) in [6.07, 6.45) is 1.61. The molecule has 0 spiro atoms. The highest BCUT2D eigenvalue weighted by Gasteiger charge is 1.94. The van der Waals surface area contributed by atoms with Gasteiger partial charge in [0.1, 0.15) is 5.76 Å². The summed E-state index contributed by atoms with van der Waals surface area (Å²) in [6, 6.07) is 0. The molecule has 6 heavy (non-hydrogen) atoms. The topological polar surface area (TPSA) is 35.4 Å². The van der Waals surface area contributed by atoms with Gasteiger partial charge in [-0.05, 0) is 12.5 Å². The second-order valence-electron chi connectivity index (χ2n) is 1.06. The molecule has 0 aliphatic carbocycles. The summed E-state index contributed by atoms with van der Waals surface area (Å²) in [5.74, 6) is 0.801. The Morgan fingerprint density at radius 2 is 2.83 bits per heavy atom. The fraction of sp³-hybridized carbons (Fsp3) is 0.333. The maximum Gasteiger partial charge on any atom is 0.143 e. The van der Waals surface area contributed by atoms with Gasteiger partial charge in [-0.1, -0.05) is 0 Å². The molecule has 0 saturated heterocycles. The number of allylic oxidation sites excluding steroid dienone is 1. The van der Waals surface area contributed by atoms with Gasteiger partial charge in [-0.3, -0.25) is 0 Å². The summed E-state index contributed by atoms with van der Waals surface area (Å²) >= 11 is 0. The predicted molar refractivity (Wildman–Crippen MR) is 20.1 cm³/mol. The first kappa shape index (κ1) is 3.49. The van der Waals surface area contributed by atoms with Crippen LogP contribution in [0.15, 0.2) is 12.0 Å². The molecule has 1 aliphatic rings. The zero-order valence-electron chi connectivity index (χ0n) is 3.43. The zero-order chi connectivity index (χ0) is 4.41. The normalized spacial score (nSPS) is 18.5. The lowest BCUT2D eigenvalue weighted by atomic mass is 10.6. The fourth-order valence-electron chi connectivity index (χ4n) is 0.242. The van der Waals surface area contributed by atoms with E-state index in [1.54, 1.807) is 6.20 Å². The quantitative estimate of drug-likeness (QED) is 0.446. The smallest absolute Gasteiger partial charge is 0.143 e. The molecule has 1 rings (SSSR count). The molecule has 0 unspecified atom stereocenters. The van der Waals surface area contributed by atoms with Crippen LogP contribution in [0.5, 0.6) is 0 Å². The lowest BCUT2D eigenvalue weighted by molar-refractivity contribution is 0.111. The van der Waals surface area contributed by atoms with E-state index in [9.17, 15) is 0 Å². The Hall–Kier alpha value is -0.700. The summed E-state index contributed by atoms with van der Waals surface area (Å²) in [5.41, 5.74) is 5.83. The first-order valence-corrected chi connectivity index (χ1v) is 1.68. The standard InChI is InChI=1S/C3H5N2O/c1-3-2-4-5-6-3/h2,5H,1H3. The van der Waals surface area contributed by atoms with Crippen LogP contribution in [0.25, 0.3) is 0 Å². The maximum atomic E-state index is 4.60. The van der Waals surface area contributed by atoms with Crippen LogP contribution in [0.1, 0.15) is 6.92 Å². The first-order valence-electron chi connectivity index (χ1n) is 1.68. The van der Waals surface area contributed by atoms with E-state index in [1.807, 2.05) is 6.92 Å². The Morgan fingerprint density at radius 3 is 3.00 bits per heavy atom. The van der Waals surface area contributed by atoms with Gasteiger partial charge < -0.3 is 4.84 Å². The average molecular weight is 85.1 g/mol. The van der Waals surface area contributed by atoms with E-state index in [2.05, 4.69) is 15.9 Å². The number of hydrogen-bond acceptors (Lipinski definition) is 2. The van der Waals surface area contributed by atoms with Crippen LogP contribution in [0.2, 0.25) is 0 Å². The third-order valence-electron chi connectivity index (χ3n) is 0.506. The maximum absolute atomic E-state index is 4.60. The molecule has 3 nitrogen and oxygen atoms in total. The molecule has 0 saturated carbocycles. The summed E-state index contributed by atoms with van der Waals surface area (Å²) in [7, 11) is 0. The molecule has 1 N–H and O–H groups in total. The molecule has 0 aromatic carbocycles. The molecule has 1 aliphatic heterocycles. The van der Waals surface area contributed by atoms with Crippen LogP contribution in [-0.2, 0) is 4.84 Å². The molecule has 33 valence electrons. The molecule has 0 aromatic rings. The number of rotatable bonds is 0. The molecule has 0 aromatic heterocycles. The van der Waals surface area contributed by atoms with Gasteiger partial charge in [-0.15, -0.1) is 0 Å². The zero-order valence-corrected chi connectivity index (χ0v) is 3.43. The van der Waals surface area contributed by atoms with Crippen LogP contribution in [-0.4, -0.2) is 0 Å². The van der Waals surface area contributed by atoms with Crippen molar-refractivity contribution in [3.63, 3.8) is 0 Å². The highest BCUT2D eigenvalue weighted by Crippen LogP contribution is 1.92. The van der Waals surface area contributed by atoms with Gasteiger partial charge in [0.15, 0.2) is 0 Å². The van der Waals surface area contributed by atoms with Crippen molar-refractivity contribution in [3.8, 4) is 0 Å². The third kappa shape index (κ3) is 0.440. The van der Waals surface area contributed by atoms with Gasteiger partial charge in [0.05, 0.1) is 6.20 Å². The van der Waals surface area contributed by atoms with Crippen LogP contribution in [0.4, 0.5) is 0 Å². The van der Waals surface area contributed by atoms with E-state index in [4.69, 9.17) is 0 Å². The van der Waals surface area contributed by atoms with Crippen molar-refractivity contribution in [1.29, 1.82) is 0 Å². The van der Waals surface area contributed by atoms with Crippen molar-refractivity contribution in [3.05, 3.63) is 12.0 Å². The Balaban J connectivity index is 2.45. The summed E-state index contributed by atoms with van der Waals surface area (Å²) in [4.78, 5) is 4.60. The molecule has 0 bridgehead atoms. The fourth-order valence-corrected chi connectivity index (χ4v) is 0.242. The van der Waals surface area contributed by atoms with Gasteiger partial charge in [0.2, 0.25) is 0 Å². The molecule has 1 radical (unpaired) electrons. The minimum atomic E-state index is 0.801. The van der Waals surface area contributed by atoms with E-state index >= 15 is 0 Å². The molecular weight excluding hydrogens is 80.0 g/mol. The summed E-state index contributed by atoms with van der Waals surface area (Å²) in [5, 5.41) is 0. The molecule has 3 heteroatoms. The van der Waals surface area contributed by atoms with Crippen LogP contribution in [0, 0.1) is 0 Å². The predicted octanol–water partition coefficient (Wildman–Crippen LogP) is -0.0981. The minimum Gasteiger partial charge on any atom is -0.390 e. The minimum absolute atomic E-state index is 0.801.